The lowest BCUT2D eigenvalue weighted by Crippen LogP contribution is -2.10. The molecule has 0 atom stereocenters. The maximum atomic E-state index is 8.72. The second-order valence-corrected chi connectivity index (χ2v) is 8.69. The van der Waals surface area contributed by atoms with Crippen LogP contribution in [0.1, 0.15) is 136 Å². The average Bonchev–Trinajstić information content (AvgIpc) is 2.56. The molecule has 0 radical (unpaired) electrons. The van der Waals surface area contributed by atoms with Crippen LogP contribution >= 0.6 is 0 Å². The van der Waals surface area contributed by atoms with Crippen molar-refractivity contribution in [1.29, 1.82) is 0 Å². The minimum atomic E-state index is 0.372. The van der Waals surface area contributed by atoms with E-state index in [0.29, 0.717) is 12.0 Å². The summed E-state index contributed by atoms with van der Waals surface area (Å²) in [6.45, 7) is 7.58. The molecule has 0 aliphatic rings. The van der Waals surface area contributed by atoms with Crippen LogP contribution in [-0.4, -0.2) is 11.7 Å². The van der Waals surface area contributed by atoms with E-state index >= 15 is 0 Å². The largest absolute Gasteiger partial charge is 0.396 e. The monoisotopic (exact) mass is 340 g/mol. The Balaban J connectivity index is 3.15. The van der Waals surface area contributed by atoms with E-state index in [1.807, 2.05) is 0 Å². The van der Waals surface area contributed by atoms with Gasteiger partial charge in [0.15, 0.2) is 0 Å². The Morgan fingerprint density at radius 3 is 1.21 bits per heavy atom. The van der Waals surface area contributed by atoms with Crippen molar-refractivity contribution >= 4 is 0 Å². The Kier molecular flexibility index (Phi) is 17.7. The molecular formula is C23H48O. The molecule has 0 rings (SSSR count). The molecule has 146 valence electrons. The fourth-order valence-electron chi connectivity index (χ4n) is 3.62. The summed E-state index contributed by atoms with van der Waals surface area (Å²) in [5.74, 6) is 0. The molecule has 0 aliphatic carbocycles. The van der Waals surface area contributed by atoms with Crippen LogP contribution in [0.4, 0.5) is 0 Å². The van der Waals surface area contributed by atoms with Crippen LogP contribution < -0.4 is 0 Å². The molecule has 1 N–H and O–H groups in total. The molecule has 0 aromatic rings. The summed E-state index contributed by atoms with van der Waals surface area (Å²) < 4.78 is 0. The summed E-state index contributed by atoms with van der Waals surface area (Å²) >= 11 is 0. The van der Waals surface area contributed by atoms with Gasteiger partial charge in [-0.3, -0.25) is 0 Å². The van der Waals surface area contributed by atoms with Gasteiger partial charge < -0.3 is 5.11 Å². The molecule has 0 spiro atoms. The van der Waals surface area contributed by atoms with Crippen molar-refractivity contribution < 1.29 is 5.11 Å². The van der Waals surface area contributed by atoms with Gasteiger partial charge in [0.1, 0.15) is 0 Å². The predicted molar refractivity (Wildman–Crippen MR) is 110 cm³/mol. The van der Waals surface area contributed by atoms with Gasteiger partial charge in [-0.25, -0.2) is 0 Å². The molecule has 1 heteroatoms. The Morgan fingerprint density at radius 2 is 0.833 bits per heavy atom. The molecule has 0 heterocycles. The first-order valence-electron chi connectivity index (χ1n) is 11.2. The van der Waals surface area contributed by atoms with Gasteiger partial charge in [-0.2, -0.15) is 0 Å². The molecule has 0 unspecified atom stereocenters. The summed E-state index contributed by atoms with van der Waals surface area (Å²) in [5.41, 5.74) is 0.577. The molecule has 1 nitrogen and oxygen atoms in total. The molecule has 0 bridgehead atoms. The van der Waals surface area contributed by atoms with Crippen LogP contribution in [0.3, 0.4) is 0 Å². The van der Waals surface area contributed by atoms with E-state index in [1.165, 1.54) is 109 Å². The van der Waals surface area contributed by atoms with Crippen molar-refractivity contribution in [2.24, 2.45) is 5.41 Å². The second-order valence-electron chi connectivity index (χ2n) is 8.69. The Morgan fingerprint density at radius 1 is 0.500 bits per heavy atom. The van der Waals surface area contributed by atoms with Gasteiger partial charge in [-0.1, -0.05) is 117 Å². The maximum absolute atomic E-state index is 8.72. The summed E-state index contributed by atoms with van der Waals surface area (Å²) in [6.07, 6.45) is 24.9. The first kappa shape index (κ1) is 24.0. The highest BCUT2D eigenvalue weighted by atomic mass is 16.2. The number of aliphatic hydroxyl groups is 1. The standard InChI is InChI=1S/C23H48O/c1-4-5-20-23(2,3)21-18-16-14-12-10-8-6-7-9-11-13-15-17-19-22-24/h24H,4-22H2,1-3H3. The van der Waals surface area contributed by atoms with Crippen LogP contribution in [0.25, 0.3) is 0 Å². The van der Waals surface area contributed by atoms with E-state index in [4.69, 9.17) is 5.11 Å². The molecule has 24 heavy (non-hydrogen) atoms. The number of aliphatic hydroxyl groups excluding tert-OH is 1. The Bertz CT molecular complexity index is 234. The summed E-state index contributed by atoms with van der Waals surface area (Å²) in [7, 11) is 0. The molecule has 0 saturated carbocycles. The van der Waals surface area contributed by atoms with Gasteiger partial charge in [0.25, 0.3) is 0 Å². The molecule has 0 saturated heterocycles. The molecule has 0 fully saturated rings. The Hall–Kier alpha value is -0.0400. The highest BCUT2D eigenvalue weighted by Crippen LogP contribution is 2.30. The van der Waals surface area contributed by atoms with E-state index in [9.17, 15) is 0 Å². The van der Waals surface area contributed by atoms with Gasteiger partial charge in [-0.05, 0) is 24.7 Å². The predicted octanol–water partition coefficient (Wildman–Crippen LogP) is 8.05. The van der Waals surface area contributed by atoms with Crippen molar-refractivity contribution in [2.75, 3.05) is 6.61 Å². The number of rotatable bonds is 19. The molecule has 0 aromatic heterocycles. The summed E-state index contributed by atoms with van der Waals surface area (Å²) in [6, 6.07) is 0. The van der Waals surface area contributed by atoms with Gasteiger partial charge in [-0.15, -0.1) is 0 Å². The van der Waals surface area contributed by atoms with E-state index in [0.717, 1.165) is 6.42 Å². The quantitative estimate of drug-likeness (QED) is 0.236. The van der Waals surface area contributed by atoms with E-state index < -0.39 is 0 Å². The maximum Gasteiger partial charge on any atom is 0.0431 e. The van der Waals surface area contributed by atoms with Gasteiger partial charge in [0.2, 0.25) is 0 Å². The zero-order valence-corrected chi connectivity index (χ0v) is 17.4. The average molecular weight is 341 g/mol. The normalized spacial score (nSPS) is 12.0. The fourth-order valence-corrected chi connectivity index (χ4v) is 3.62. The summed E-state index contributed by atoms with van der Waals surface area (Å²) in [5, 5.41) is 8.72. The third kappa shape index (κ3) is 18.3. The van der Waals surface area contributed by atoms with Gasteiger partial charge >= 0.3 is 0 Å². The molecule has 0 amide bonds. The lowest BCUT2D eigenvalue weighted by molar-refractivity contribution is 0.282. The van der Waals surface area contributed by atoms with Crippen molar-refractivity contribution in [3.63, 3.8) is 0 Å². The third-order valence-corrected chi connectivity index (χ3v) is 5.47. The molecule has 0 aliphatic heterocycles. The van der Waals surface area contributed by atoms with Crippen molar-refractivity contribution in [3.8, 4) is 0 Å². The minimum Gasteiger partial charge on any atom is -0.396 e. The van der Waals surface area contributed by atoms with Crippen molar-refractivity contribution in [2.45, 2.75) is 136 Å². The molecular weight excluding hydrogens is 292 g/mol. The zero-order valence-electron chi connectivity index (χ0n) is 17.4. The van der Waals surface area contributed by atoms with Gasteiger partial charge in [0, 0.05) is 6.61 Å². The SMILES string of the molecule is CCCCC(C)(C)CCCCCCCCCCCCCCCCO. The van der Waals surface area contributed by atoms with Crippen LogP contribution in [0, 0.1) is 5.41 Å². The van der Waals surface area contributed by atoms with E-state index in [2.05, 4.69) is 20.8 Å². The third-order valence-electron chi connectivity index (χ3n) is 5.47. The van der Waals surface area contributed by atoms with Crippen molar-refractivity contribution in [3.05, 3.63) is 0 Å². The minimum absolute atomic E-state index is 0.372. The zero-order chi connectivity index (χ0) is 17.9. The number of unbranched alkanes of at least 4 members (excludes halogenated alkanes) is 14. The first-order valence-corrected chi connectivity index (χ1v) is 11.2. The Labute approximate surface area is 154 Å². The highest BCUT2D eigenvalue weighted by molar-refractivity contribution is 4.68. The van der Waals surface area contributed by atoms with E-state index in [1.54, 1.807) is 0 Å². The number of hydrogen-bond donors (Lipinski definition) is 1. The van der Waals surface area contributed by atoms with Crippen LogP contribution in [-0.2, 0) is 0 Å². The second kappa shape index (κ2) is 17.8. The first-order chi connectivity index (χ1) is 11.6. The topological polar surface area (TPSA) is 20.2 Å². The van der Waals surface area contributed by atoms with Crippen LogP contribution in [0.15, 0.2) is 0 Å². The van der Waals surface area contributed by atoms with Crippen molar-refractivity contribution in [1.82, 2.24) is 0 Å². The fraction of sp³-hybridized carbons (Fsp3) is 1.00. The number of hydrogen-bond acceptors (Lipinski definition) is 1. The van der Waals surface area contributed by atoms with Gasteiger partial charge in [0.05, 0.1) is 0 Å². The van der Waals surface area contributed by atoms with E-state index in [-0.39, 0.29) is 0 Å². The van der Waals surface area contributed by atoms with Crippen LogP contribution in [0.5, 0.6) is 0 Å². The molecule has 0 aromatic carbocycles. The smallest absolute Gasteiger partial charge is 0.0431 e. The summed E-state index contributed by atoms with van der Waals surface area (Å²) in [4.78, 5) is 0. The highest BCUT2D eigenvalue weighted by Gasteiger charge is 2.15. The lowest BCUT2D eigenvalue weighted by Gasteiger charge is -2.24. The van der Waals surface area contributed by atoms with Crippen LogP contribution in [0.2, 0.25) is 0 Å². The lowest BCUT2D eigenvalue weighted by atomic mass is 9.82.